The predicted octanol–water partition coefficient (Wildman–Crippen LogP) is 8.79. The van der Waals surface area contributed by atoms with Crippen LogP contribution < -0.4 is 20.4 Å². The number of carbonyl (C=O) groups is 2. The molecule has 4 aromatic carbocycles. The predicted molar refractivity (Wildman–Crippen MR) is 263 cm³/mol. The summed E-state index contributed by atoms with van der Waals surface area (Å²) in [7, 11) is 7.55. The Labute approximate surface area is 384 Å². The molecule has 12 heteroatoms. The molecule has 0 aromatic heterocycles. The molecule has 2 N–H and O–H groups in total. The fourth-order valence-corrected chi connectivity index (χ4v) is 12.5. The Morgan fingerprint density at radius 2 is 1.05 bits per heavy atom. The molecule has 64 heavy (non-hydrogen) atoms. The number of fused-ring (bicyclic) bond motifs is 8. The van der Waals surface area contributed by atoms with E-state index in [1.807, 2.05) is 12.1 Å². The van der Waals surface area contributed by atoms with Crippen LogP contribution in [0.3, 0.4) is 0 Å². The number of ether oxygens (including phenoxy) is 2. The Hall–Kier alpha value is -5.40. The van der Waals surface area contributed by atoms with Crippen molar-refractivity contribution >= 4 is 68.3 Å². The van der Waals surface area contributed by atoms with Gasteiger partial charge in [-0.2, -0.15) is 0 Å². The lowest BCUT2D eigenvalue weighted by Gasteiger charge is -2.41. The average molecular weight is 893 g/mol. The highest BCUT2D eigenvalue weighted by molar-refractivity contribution is 8.76. The van der Waals surface area contributed by atoms with Crippen molar-refractivity contribution in [1.29, 1.82) is 0 Å². The van der Waals surface area contributed by atoms with E-state index in [2.05, 4.69) is 182 Å². The summed E-state index contributed by atoms with van der Waals surface area (Å²) in [6.45, 7) is 12.8. The van der Waals surface area contributed by atoms with Crippen LogP contribution in [0.25, 0.3) is 23.5 Å². The number of hydrogen-bond acceptors (Lipinski definition) is 10. The molecule has 0 spiro atoms. The second-order valence-electron chi connectivity index (χ2n) is 18.3. The van der Waals surface area contributed by atoms with E-state index in [-0.39, 0.29) is 11.8 Å². The van der Waals surface area contributed by atoms with Crippen LogP contribution in [0.15, 0.2) is 109 Å². The molecular formula is C52H56N6O4S2. The number of amides is 2. The van der Waals surface area contributed by atoms with E-state index in [1.165, 1.54) is 22.3 Å². The minimum atomic E-state index is -0.690. The highest BCUT2D eigenvalue weighted by Gasteiger charge is 2.61. The zero-order valence-corrected chi connectivity index (χ0v) is 39.1. The van der Waals surface area contributed by atoms with Gasteiger partial charge in [0.1, 0.15) is 0 Å². The van der Waals surface area contributed by atoms with Crippen LogP contribution in [-0.2, 0) is 20.3 Å². The molecule has 0 radical (unpaired) electrons. The van der Waals surface area contributed by atoms with Gasteiger partial charge in [0.15, 0.2) is 11.4 Å². The Morgan fingerprint density at radius 3 is 1.48 bits per heavy atom. The summed E-state index contributed by atoms with van der Waals surface area (Å²) >= 11 is 0. The topological polar surface area (TPSA) is 89.6 Å². The summed E-state index contributed by atoms with van der Waals surface area (Å²) in [5.41, 5.74) is 10.4. The van der Waals surface area contributed by atoms with Gasteiger partial charge in [-0.3, -0.25) is 9.59 Å². The molecule has 4 aromatic rings. The van der Waals surface area contributed by atoms with Crippen molar-refractivity contribution in [2.45, 2.75) is 50.0 Å². The van der Waals surface area contributed by atoms with Crippen molar-refractivity contribution in [2.75, 3.05) is 74.8 Å². The largest absolute Gasteiger partial charge is 0.351 e. The van der Waals surface area contributed by atoms with Gasteiger partial charge in [0.2, 0.25) is 0 Å². The summed E-state index contributed by atoms with van der Waals surface area (Å²) in [6.07, 6.45) is 13.1. The second kappa shape index (κ2) is 16.2. The highest BCUT2D eigenvalue weighted by atomic mass is 33.1. The molecule has 6 heterocycles. The fraction of sp³-hybridized carbons (Fsp3) is 0.346. The summed E-state index contributed by atoms with van der Waals surface area (Å²) < 4.78 is 13.4. The molecule has 0 bridgehead atoms. The van der Waals surface area contributed by atoms with Crippen molar-refractivity contribution in [3.63, 3.8) is 0 Å². The van der Waals surface area contributed by atoms with E-state index in [0.29, 0.717) is 37.4 Å². The minimum absolute atomic E-state index is 0.0844. The molecule has 330 valence electrons. The zero-order chi connectivity index (χ0) is 44.4. The first kappa shape index (κ1) is 42.5. The van der Waals surface area contributed by atoms with E-state index in [9.17, 15) is 9.59 Å². The molecule has 10 nitrogen and oxygen atoms in total. The number of nitrogens with zero attached hydrogens (tertiary/aromatic N) is 4. The van der Waals surface area contributed by atoms with E-state index in [0.717, 1.165) is 58.5 Å². The third-order valence-corrected chi connectivity index (χ3v) is 16.6. The summed E-state index contributed by atoms with van der Waals surface area (Å²) in [5, 5.41) is 6.26. The van der Waals surface area contributed by atoms with Crippen LogP contribution in [0.4, 0.5) is 11.4 Å². The van der Waals surface area contributed by atoms with Crippen LogP contribution in [0.2, 0.25) is 0 Å². The molecule has 2 unspecified atom stereocenters. The van der Waals surface area contributed by atoms with Crippen molar-refractivity contribution in [1.82, 2.24) is 20.4 Å². The monoisotopic (exact) mass is 892 g/mol. The number of benzene rings is 4. The van der Waals surface area contributed by atoms with Crippen molar-refractivity contribution in [3.8, 4) is 0 Å². The Bertz CT molecular complexity index is 2490. The lowest BCUT2D eigenvalue weighted by Crippen LogP contribution is -2.52. The van der Waals surface area contributed by atoms with Crippen molar-refractivity contribution in [3.05, 3.63) is 154 Å². The normalized spacial score (nSPS) is 24.1. The van der Waals surface area contributed by atoms with Crippen LogP contribution in [0.1, 0.15) is 81.8 Å². The zero-order valence-electron chi connectivity index (χ0n) is 37.4. The molecule has 6 aliphatic rings. The number of carbonyl (C=O) groups excluding carboxylic acids is 2. The molecule has 0 aliphatic carbocycles. The third-order valence-electron chi connectivity index (χ3n) is 14.2. The molecule has 2 saturated heterocycles. The van der Waals surface area contributed by atoms with E-state index in [1.54, 1.807) is 21.6 Å². The van der Waals surface area contributed by atoms with Gasteiger partial charge < -0.3 is 39.7 Å². The van der Waals surface area contributed by atoms with E-state index >= 15 is 0 Å². The van der Waals surface area contributed by atoms with Gasteiger partial charge in [0.05, 0.1) is 13.2 Å². The lowest BCUT2D eigenvalue weighted by molar-refractivity contribution is -0.000454. The van der Waals surface area contributed by atoms with Gasteiger partial charge in [-0.25, -0.2) is 0 Å². The third kappa shape index (κ3) is 6.70. The summed E-state index contributed by atoms with van der Waals surface area (Å²) in [6, 6.07) is 29.1. The standard InChI is InChI=1S/C52H56N6O4S2/c1-49(2)41-31-37(15-17-43(41)57-25-27-61-51(49,57)33-45-39-13-9-7-11-35(39)19-23-55(45)5)47(59)53-21-29-63-64-30-22-54-48(60)38-16-18-44-42(32-38)50(3,4)52(58(44)26-28-62-52)34-46-40-14-10-8-12-36(40)20-24-56(46)6/h7-20,23-24,31-34H,21-22,25-30H2,1-6H3,(H,53,59)(H,54,60)/b45-33-,46-34-. The first-order valence-electron chi connectivity index (χ1n) is 22.3. The number of nitrogens with one attached hydrogen (secondary N) is 2. The summed E-state index contributed by atoms with van der Waals surface area (Å²) in [4.78, 5) is 36.1. The molecule has 2 atom stereocenters. The fourth-order valence-electron chi connectivity index (χ4n) is 10.7. The van der Waals surface area contributed by atoms with Gasteiger partial charge in [0, 0.05) is 120 Å². The first-order valence-corrected chi connectivity index (χ1v) is 24.7. The molecule has 0 saturated carbocycles. The Balaban J connectivity index is 0.722. The minimum Gasteiger partial charge on any atom is -0.351 e. The molecule has 2 amide bonds. The number of anilines is 2. The smallest absolute Gasteiger partial charge is 0.251 e. The molecule has 6 aliphatic heterocycles. The molecule has 2 fully saturated rings. The van der Waals surface area contributed by atoms with E-state index in [4.69, 9.17) is 9.47 Å². The number of hydrogen-bond donors (Lipinski definition) is 2. The van der Waals surface area contributed by atoms with Crippen molar-refractivity contribution < 1.29 is 19.1 Å². The highest BCUT2D eigenvalue weighted by Crippen LogP contribution is 2.58. The lowest BCUT2D eigenvalue weighted by atomic mass is 9.76. The summed E-state index contributed by atoms with van der Waals surface area (Å²) in [5.74, 6) is 1.32. The number of rotatable bonds is 11. The van der Waals surface area contributed by atoms with Gasteiger partial charge >= 0.3 is 0 Å². The average Bonchev–Trinajstić information content (AvgIpc) is 4.02. The van der Waals surface area contributed by atoms with Crippen molar-refractivity contribution in [2.24, 2.45) is 0 Å². The SMILES string of the molecule is CN1C=Cc2ccccc2/C1=C/C12OCCN1c1ccc(C(=O)NCCSSCCNC(=O)c3ccc4c(c3)C(C)(C)C3(/C=C5/c6ccccc6C=CN5C)OCCN43)cc1C2(C)C. The Morgan fingerprint density at radius 1 is 0.625 bits per heavy atom. The van der Waals surface area contributed by atoms with Crippen LogP contribution >= 0.6 is 21.6 Å². The molecule has 10 rings (SSSR count). The maximum Gasteiger partial charge on any atom is 0.251 e. The van der Waals surface area contributed by atoms with Gasteiger partial charge in [-0.1, -0.05) is 97.8 Å². The quantitative estimate of drug-likeness (QED) is 0.113. The Kier molecular flexibility index (Phi) is 10.8. The molecular weight excluding hydrogens is 837 g/mol. The second-order valence-corrected chi connectivity index (χ2v) is 21.1. The van der Waals surface area contributed by atoms with Crippen LogP contribution in [0, 0.1) is 0 Å². The first-order chi connectivity index (χ1) is 30.9. The van der Waals surface area contributed by atoms with Crippen LogP contribution in [-0.4, -0.2) is 98.1 Å². The maximum absolute atomic E-state index is 13.5. The van der Waals surface area contributed by atoms with Gasteiger partial charge in [0.25, 0.3) is 11.8 Å². The van der Waals surface area contributed by atoms with Gasteiger partial charge in [-0.15, -0.1) is 0 Å². The van der Waals surface area contributed by atoms with Gasteiger partial charge in [-0.05, 0) is 83.0 Å². The van der Waals surface area contributed by atoms with E-state index < -0.39 is 22.3 Å². The maximum atomic E-state index is 13.5. The van der Waals surface area contributed by atoms with Crippen LogP contribution in [0.5, 0.6) is 0 Å².